The number of nitrogens with zero attached hydrogens (tertiary/aromatic N) is 2. The Balaban J connectivity index is 1.50. The van der Waals surface area contributed by atoms with Crippen molar-refractivity contribution in [1.82, 2.24) is 0 Å². The van der Waals surface area contributed by atoms with Crippen LogP contribution < -0.4 is 15.0 Å². The van der Waals surface area contributed by atoms with Crippen molar-refractivity contribution in [3.63, 3.8) is 0 Å². The maximum absolute atomic E-state index is 12.8. The van der Waals surface area contributed by atoms with Crippen LogP contribution in [0.2, 0.25) is 0 Å². The number of nitro benzene ring substituents is 1. The molecule has 0 spiro atoms. The molecular weight excluding hydrogens is 422 g/mol. The van der Waals surface area contributed by atoms with Crippen LogP contribution in [0.5, 0.6) is 5.75 Å². The van der Waals surface area contributed by atoms with Crippen LogP contribution in [0.25, 0.3) is 0 Å². The quantitative estimate of drug-likeness (QED) is 0.308. The number of non-ortho nitro benzene ring substituents is 1. The lowest BCUT2D eigenvalue weighted by Gasteiger charge is -2.30. The van der Waals surface area contributed by atoms with Gasteiger partial charge in [0.25, 0.3) is 11.6 Å². The maximum atomic E-state index is 12.8. The fourth-order valence-corrected chi connectivity index (χ4v) is 3.43. The van der Waals surface area contributed by atoms with Crippen LogP contribution in [0, 0.1) is 10.1 Å². The molecule has 166 valence electrons. The van der Waals surface area contributed by atoms with Gasteiger partial charge in [0.1, 0.15) is 5.75 Å². The Labute approximate surface area is 182 Å². The average Bonchev–Trinajstić information content (AvgIpc) is 2.81. The molecule has 1 N–H and O–H groups in total. The summed E-state index contributed by atoms with van der Waals surface area (Å²) in [4.78, 5) is 49.2. The van der Waals surface area contributed by atoms with Crippen LogP contribution in [0.15, 0.2) is 36.4 Å². The summed E-state index contributed by atoms with van der Waals surface area (Å²) in [7, 11) is 0. The van der Waals surface area contributed by atoms with E-state index >= 15 is 0 Å². The van der Waals surface area contributed by atoms with Crippen molar-refractivity contribution in [2.45, 2.75) is 0 Å². The van der Waals surface area contributed by atoms with Gasteiger partial charge in [0.05, 0.1) is 35.1 Å². The first kappa shape index (κ1) is 21.2. The number of morpholine rings is 1. The smallest absolute Gasteiger partial charge is 0.340 e. The minimum Gasteiger partial charge on any atom is -0.482 e. The molecule has 2 aromatic rings. The average molecular weight is 441 g/mol. The zero-order valence-electron chi connectivity index (χ0n) is 16.9. The van der Waals surface area contributed by atoms with Crippen molar-refractivity contribution in [3.05, 3.63) is 57.6 Å². The number of hydrogen-bond acceptors (Lipinski definition) is 9. The summed E-state index contributed by atoms with van der Waals surface area (Å²) in [5.41, 5.74) is 0.789. The number of rotatable bonds is 6. The van der Waals surface area contributed by atoms with Crippen LogP contribution in [-0.4, -0.2) is 62.1 Å². The molecule has 0 aliphatic carbocycles. The molecule has 0 saturated carbocycles. The van der Waals surface area contributed by atoms with Crippen molar-refractivity contribution in [2.75, 3.05) is 49.7 Å². The third-order valence-corrected chi connectivity index (χ3v) is 5.03. The van der Waals surface area contributed by atoms with E-state index in [1.54, 1.807) is 6.07 Å². The lowest BCUT2D eigenvalue weighted by atomic mass is 10.1. The van der Waals surface area contributed by atoms with Gasteiger partial charge in [-0.1, -0.05) is 0 Å². The fourth-order valence-electron chi connectivity index (χ4n) is 3.43. The van der Waals surface area contributed by atoms with Crippen LogP contribution >= 0.6 is 0 Å². The van der Waals surface area contributed by atoms with Crippen molar-refractivity contribution >= 4 is 34.7 Å². The van der Waals surface area contributed by atoms with Crippen LogP contribution in [0.3, 0.4) is 0 Å². The number of benzene rings is 2. The molecular formula is C21H19N3O8. The minimum absolute atomic E-state index is 0.00000399. The number of ketones is 1. The highest BCUT2D eigenvalue weighted by Gasteiger charge is 2.24. The molecule has 0 aromatic heterocycles. The summed E-state index contributed by atoms with van der Waals surface area (Å²) >= 11 is 0. The summed E-state index contributed by atoms with van der Waals surface area (Å²) in [6.45, 7) is 1.27. The molecule has 0 unspecified atom stereocenters. The zero-order valence-corrected chi connectivity index (χ0v) is 16.9. The van der Waals surface area contributed by atoms with E-state index in [1.165, 1.54) is 24.3 Å². The number of fused-ring (bicyclic) bond motifs is 1. The van der Waals surface area contributed by atoms with E-state index in [9.17, 15) is 24.5 Å². The Bertz CT molecular complexity index is 1090. The Morgan fingerprint density at radius 1 is 1.16 bits per heavy atom. The number of nitrogens with one attached hydrogen (secondary N) is 1. The number of anilines is 2. The third kappa shape index (κ3) is 4.52. The van der Waals surface area contributed by atoms with Gasteiger partial charge in [-0.3, -0.25) is 19.7 Å². The molecule has 32 heavy (non-hydrogen) atoms. The van der Waals surface area contributed by atoms with Gasteiger partial charge in [-0.15, -0.1) is 0 Å². The highest BCUT2D eigenvalue weighted by atomic mass is 16.6. The Kier molecular flexibility index (Phi) is 5.99. The molecule has 2 aromatic carbocycles. The monoisotopic (exact) mass is 441 g/mol. The van der Waals surface area contributed by atoms with Gasteiger partial charge in [0.15, 0.2) is 19.0 Å². The highest BCUT2D eigenvalue weighted by Crippen LogP contribution is 2.29. The first-order valence-electron chi connectivity index (χ1n) is 9.80. The van der Waals surface area contributed by atoms with E-state index < -0.39 is 23.3 Å². The highest BCUT2D eigenvalue weighted by molar-refractivity contribution is 6.03. The van der Waals surface area contributed by atoms with Crippen molar-refractivity contribution in [3.8, 4) is 5.75 Å². The SMILES string of the molecule is O=C1COc2ccc(C(=O)COC(=O)c3cc([N+](=O)[O-])ccc3N3CCOCC3)cc2N1. The minimum atomic E-state index is -0.849. The second-order valence-corrected chi connectivity index (χ2v) is 7.11. The Morgan fingerprint density at radius 2 is 1.94 bits per heavy atom. The Hall–Kier alpha value is -3.99. The summed E-state index contributed by atoms with van der Waals surface area (Å²) in [6, 6.07) is 8.43. The lowest BCUT2D eigenvalue weighted by molar-refractivity contribution is -0.384. The number of ether oxygens (including phenoxy) is 3. The molecule has 0 atom stereocenters. The molecule has 2 aliphatic rings. The molecule has 1 saturated heterocycles. The van der Waals surface area contributed by atoms with Gasteiger partial charge < -0.3 is 24.4 Å². The van der Waals surface area contributed by atoms with Crippen molar-refractivity contribution < 1.29 is 33.5 Å². The predicted octanol–water partition coefficient (Wildman–Crippen LogP) is 1.80. The Morgan fingerprint density at radius 3 is 2.69 bits per heavy atom. The van der Waals surface area contributed by atoms with Gasteiger partial charge in [0, 0.05) is 30.8 Å². The second kappa shape index (κ2) is 9.02. The molecule has 11 heteroatoms. The summed E-state index contributed by atoms with van der Waals surface area (Å²) < 4.78 is 15.8. The van der Waals surface area contributed by atoms with E-state index in [1.807, 2.05) is 4.90 Å². The molecule has 11 nitrogen and oxygen atoms in total. The zero-order chi connectivity index (χ0) is 22.7. The number of esters is 1. The number of carbonyl (C=O) groups excluding carboxylic acids is 3. The first-order chi connectivity index (χ1) is 15.4. The fraction of sp³-hybridized carbons (Fsp3) is 0.286. The number of Topliss-reactive ketones (excluding diaryl/α,β-unsaturated/α-hetero) is 1. The van der Waals surface area contributed by atoms with E-state index in [0.717, 1.165) is 6.07 Å². The first-order valence-corrected chi connectivity index (χ1v) is 9.80. The van der Waals surface area contributed by atoms with Gasteiger partial charge in [-0.25, -0.2) is 4.79 Å². The third-order valence-electron chi connectivity index (χ3n) is 5.03. The summed E-state index contributed by atoms with van der Waals surface area (Å²) in [6.07, 6.45) is 0. The normalized spacial score (nSPS) is 15.2. The summed E-state index contributed by atoms with van der Waals surface area (Å²) in [5, 5.41) is 13.8. The molecule has 0 bridgehead atoms. The molecule has 4 rings (SSSR count). The van der Waals surface area contributed by atoms with Gasteiger partial charge >= 0.3 is 5.97 Å². The molecule has 1 amide bonds. The number of hydrogen-bond donors (Lipinski definition) is 1. The van der Waals surface area contributed by atoms with Gasteiger partial charge in [-0.05, 0) is 24.3 Å². The van der Waals surface area contributed by atoms with Crippen molar-refractivity contribution in [1.29, 1.82) is 0 Å². The van der Waals surface area contributed by atoms with Crippen molar-refractivity contribution in [2.24, 2.45) is 0 Å². The predicted molar refractivity (Wildman–Crippen MR) is 111 cm³/mol. The van der Waals surface area contributed by atoms with E-state index in [-0.39, 0.29) is 29.3 Å². The second-order valence-electron chi connectivity index (χ2n) is 7.11. The topological polar surface area (TPSA) is 137 Å². The van der Waals surface area contributed by atoms with Crippen LogP contribution in [0.1, 0.15) is 20.7 Å². The molecule has 2 heterocycles. The van der Waals surface area contributed by atoms with Crippen LogP contribution in [-0.2, 0) is 14.3 Å². The van der Waals surface area contributed by atoms with E-state index in [4.69, 9.17) is 14.2 Å². The largest absolute Gasteiger partial charge is 0.482 e. The standard InChI is InChI=1S/C21H19N3O8/c25-18(13-1-4-19-16(9-13)22-20(26)12-31-19)11-32-21(27)15-10-14(24(28)29)2-3-17(15)23-5-7-30-8-6-23/h1-4,9-10H,5-8,11-12H2,(H,22,26). The van der Waals surface area contributed by atoms with E-state index in [0.29, 0.717) is 43.4 Å². The van der Waals surface area contributed by atoms with E-state index in [2.05, 4.69) is 5.32 Å². The number of nitro groups is 1. The molecule has 1 fully saturated rings. The maximum Gasteiger partial charge on any atom is 0.340 e. The molecule has 2 aliphatic heterocycles. The molecule has 0 radical (unpaired) electrons. The number of carbonyl (C=O) groups is 3. The number of amides is 1. The summed E-state index contributed by atoms with van der Waals surface area (Å²) in [5.74, 6) is -1.25. The lowest BCUT2D eigenvalue weighted by Crippen LogP contribution is -2.37. The van der Waals surface area contributed by atoms with Crippen LogP contribution in [0.4, 0.5) is 17.1 Å². The van der Waals surface area contributed by atoms with Gasteiger partial charge in [-0.2, -0.15) is 0 Å². The van der Waals surface area contributed by atoms with Gasteiger partial charge in [0.2, 0.25) is 0 Å².